The van der Waals surface area contributed by atoms with Gasteiger partial charge in [-0.25, -0.2) is 0 Å². The minimum absolute atomic E-state index is 0.918. The molecule has 6 aromatic carbocycles. The van der Waals surface area contributed by atoms with Crippen LogP contribution in [-0.4, -0.2) is 0 Å². The van der Waals surface area contributed by atoms with Crippen LogP contribution in [0, 0.1) is 27.7 Å². The van der Waals surface area contributed by atoms with Gasteiger partial charge in [0.1, 0.15) is 11.2 Å². The largest absolute Gasteiger partial charge is 0.456 e. The Morgan fingerprint density at radius 2 is 0.707 bits per heavy atom. The summed E-state index contributed by atoms with van der Waals surface area (Å²) in [4.78, 5) is 0. The van der Waals surface area contributed by atoms with Crippen LogP contribution in [0.15, 0.2) is 126 Å². The van der Waals surface area contributed by atoms with Crippen LogP contribution in [0.5, 0.6) is 0 Å². The van der Waals surface area contributed by atoms with E-state index in [4.69, 9.17) is 4.42 Å². The highest BCUT2D eigenvalue weighted by molar-refractivity contribution is 6.07. The van der Waals surface area contributed by atoms with Gasteiger partial charge in [-0.05, 0) is 119 Å². The van der Waals surface area contributed by atoms with E-state index in [1.807, 2.05) is 0 Å². The van der Waals surface area contributed by atoms with Crippen molar-refractivity contribution in [3.05, 3.63) is 144 Å². The van der Waals surface area contributed by atoms with Gasteiger partial charge in [0.25, 0.3) is 0 Å². The van der Waals surface area contributed by atoms with Gasteiger partial charge in [0, 0.05) is 10.8 Å². The minimum Gasteiger partial charge on any atom is -0.456 e. The smallest absolute Gasteiger partial charge is 0.136 e. The molecular weight excluding hydrogens is 496 g/mol. The number of hydrogen-bond acceptors (Lipinski definition) is 1. The summed E-state index contributed by atoms with van der Waals surface area (Å²) < 4.78 is 6.45. The monoisotopic (exact) mass is 528 g/mol. The standard InChI is InChI=1S/C40H32O/c1-25-9-5-7-11-33(25)35-17-13-29(21-27(35)3)31-15-19-37-38-20-16-32(24-40(38)41-39(37)23-31)30-14-18-36(28(4)22-30)34-12-8-6-10-26(34)2/h5-24H,1-4H3. The van der Waals surface area contributed by atoms with Gasteiger partial charge in [0.15, 0.2) is 0 Å². The minimum atomic E-state index is 0.918. The molecule has 0 amide bonds. The molecule has 0 aliphatic heterocycles. The van der Waals surface area contributed by atoms with E-state index in [2.05, 4.69) is 149 Å². The average molecular weight is 529 g/mol. The summed E-state index contributed by atoms with van der Waals surface area (Å²) in [7, 11) is 0. The quantitative estimate of drug-likeness (QED) is 0.221. The predicted molar refractivity (Wildman–Crippen MR) is 174 cm³/mol. The Morgan fingerprint density at radius 1 is 0.341 bits per heavy atom. The Balaban J connectivity index is 1.23. The summed E-state index contributed by atoms with van der Waals surface area (Å²) in [6.07, 6.45) is 0. The number of hydrogen-bond donors (Lipinski definition) is 0. The van der Waals surface area contributed by atoms with E-state index >= 15 is 0 Å². The first-order valence-electron chi connectivity index (χ1n) is 14.3. The van der Waals surface area contributed by atoms with Gasteiger partial charge in [-0.15, -0.1) is 0 Å². The van der Waals surface area contributed by atoms with Crippen molar-refractivity contribution in [2.75, 3.05) is 0 Å². The summed E-state index contributed by atoms with van der Waals surface area (Å²) in [5, 5.41) is 2.30. The lowest BCUT2D eigenvalue weighted by atomic mass is 9.93. The second-order valence-corrected chi connectivity index (χ2v) is 11.2. The topological polar surface area (TPSA) is 13.1 Å². The first kappa shape index (κ1) is 25.1. The number of aryl methyl sites for hydroxylation is 4. The molecule has 0 atom stereocenters. The molecule has 1 nitrogen and oxygen atoms in total. The predicted octanol–water partition coefficient (Wildman–Crippen LogP) is 11.5. The molecule has 7 aromatic rings. The van der Waals surface area contributed by atoms with E-state index in [0.29, 0.717) is 0 Å². The van der Waals surface area contributed by atoms with Crippen LogP contribution in [0.1, 0.15) is 22.3 Å². The zero-order chi connectivity index (χ0) is 28.1. The van der Waals surface area contributed by atoms with Crippen molar-refractivity contribution in [3.8, 4) is 44.5 Å². The molecule has 0 unspecified atom stereocenters. The van der Waals surface area contributed by atoms with E-state index in [-0.39, 0.29) is 0 Å². The molecule has 0 bridgehead atoms. The van der Waals surface area contributed by atoms with Gasteiger partial charge in [0.2, 0.25) is 0 Å². The second-order valence-electron chi connectivity index (χ2n) is 11.2. The molecule has 0 radical (unpaired) electrons. The Bertz CT molecular complexity index is 1940. The second kappa shape index (κ2) is 9.94. The highest BCUT2D eigenvalue weighted by atomic mass is 16.3. The van der Waals surface area contributed by atoms with Crippen LogP contribution < -0.4 is 0 Å². The summed E-state index contributed by atoms with van der Waals surface area (Å²) in [5.41, 5.74) is 16.9. The Labute approximate surface area is 241 Å². The van der Waals surface area contributed by atoms with Gasteiger partial charge in [0.05, 0.1) is 0 Å². The van der Waals surface area contributed by atoms with Crippen molar-refractivity contribution < 1.29 is 4.42 Å². The molecule has 1 heteroatoms. The molecular formula is C40H32O. The summed E-state index contributed by atoms with van der Waals surface area (Å²) in [6.45, 7) is 8.74. The molecule has 0 saturated carbocycles. The van der Waals surface area contributed by atoms with E-state index < -0.39 is 0 Å². The average Bonchev–Trinajstić information content (AvgIpc) is 3.35. The van der Waals surface area contributed by atoms with Crippen LogP contribution in [-0.2, 0) is 0 Å². The third-order valence-corrected chi connectivity index (χ3v) is 8.46. The zero-order valence-electron chi connectivity index (χ0n) is 24.0. The lowest BCUT2D eigenvalue weighted by Crippen LogP contribution is -1.88. The van der Waals surface area contributed by atoms with Gasteiger partial charge < -0.3 is 4.42 Å². The van der Waals surface area contributed by atoms with Crippen molar-refractivity contribution in [2.24, 2.45) is 0 Å². The molecule has 0 fully saturated rings. The highest BCUT2D eigenvalue weighted by Gasteiger charge is 2.13. The van der Waals surface area contributed by atoms with Crippen molar-refractivity contribution in [1.82, 2.24) is 0 Å². The maximum absolute atomic E-state index is 6.45. The van der Waals surface area contributed by atoms with Gasteiger partial charge >= 0.3 is 0 Å². The molecule has 0 saturated heterocycles. The van der Waals surface area contributed by atoms with Crippen molar-refractivity contribution >= 4 is 21.9 Å². The molecule has 0 N–H and O–H groups in total. The highest BCUT2D eigenvalue weighted by Crippen LogP contribution is 2.37. The fourth-order valence-corrected chi connectivity index (χ4v) is 6.18. The van der Waals surface area contributed by atoms with Gasteiger partial charge in [-0.2, -0.15) is 0 Å². The first-order valence-corrected chi connectivity index (χ1v) is 14.3. The fraction of sp³-hybridized carbons (Fsp3) is 0.100. The van der Waals surface area contributed by atoms with E-state index in [0.717, 1.165) is 21.9 Å². The molecule has 0 aliphatic carbocycles. The van der Waals surface area contributed by atoms with Crippen molar-refractivity contribution in [3.63, 3.8) is 0 Å². The van der Waals surface area contributed by atoms with Crippen LogP contribution in [0.3, 0.4) is 0 Å². The third kappa shape index (κ3) is 4.44. The molecule has 1 aromatic heterocycles. The van der Waals surface area contributed by atoms with E-state index in [9.17, 15) is 0 Å². The van der Waals surface area contributed by atoms with Crippen molar-refractivity contribution in [2.45, 2.75) is 27.7 Å². The molecule has 41 heavy (non-hydrogen) atoms. The maximum Gasteiger partial charge on any atom is 0.136 e. The summed E-state index contributed by atoms with van der Waals surface area (Å²) >= 11 is 0. The number of rotatable bonds is 4. The van der Waals surface area contributed by atoms with Crippen LogP contribution in [0.2, 0.25) is 0 Å². The van der Waals surface area contributed by atoms with E-state index in [1.54, 1.807) is 0 Å². The maximum atomic E-state index is 6.45. The normalized spacial score (nSPS) is 11.4. The SMILES string of the molecule is Cc1ccccc1-c1ccc(-c2ccc3c(c2)oc2cc(-c4ccc(-c5ccccc5C)c(C)c4)ccc23)cc1C. The van der Waals surface area contributed by atoms with E-state index in [1.165, 1.54) is 66.8 Å². The van der Waals surface area contributed by atoms with Gasteiger partial charge in [-0.1, -0.05) is 97.1 Å². The van der Waals surface area contributed by atoms with Crippen molar-refractivity contribution in [1.29, 1.82) is 0 Å². The van der Waals surface area contributed by atoms with Crippen LogP contribution in [0.25, 0.3) is 66.4 Å². The zero-order valence-corrected chi connectivity index (χ0v) is 24.0. The lowest BCUT2D eigenvalue weighted by Gasteiger charge is -2.11. The molecule has 1 heterocycles. The van der Waals surface area contributed by atoms with Crippen LogP contribution >= 0.6 is 0 Å². The fourth-order valence-electron chi connectivity index (χ4n) is 6.18. The summed E-state index contributed by atoms with van der Waals surface area (Å²) in [5.74, 6) is 0. The molecule has 0 aliphatic rings. The first-order chi connectivity index (χ1) is 20.0. The lowest BCUT2D eigenvalue weighted by molar-refractivity contribution is 0.669. The Morgan fingerprint density at radius 3 is 1.12 bits per heavy atom. The van der Waals surface area contributed by atoms with Crippen LogP contribution in [0.4, 0.5) is 0 Å². The number of fused-ring (bicyclic) bond motifs is 3. The number of benzene rings is 6. The molecule has 0 spiro atoms. The Hall–Kier alpha value is -4.88. The number of furan rings is 1. The Kier molecular flexibility index (Phi) is 6.09. The van der Waals surface area contributed by atoms with Gasteiger partial charge in [-0.3, -0.25) is 0 Å². The molecule has 7 rings (SSSR count). The molecule has 198 valence electrons. The third-order valence-electron chi connectivity index (χ3n) is 8.46. The summed E-state index contributed by atoms with van der Waals surface area (Å²) in [6, 6.07) is 43.8.